The van der Waals surface area contributed by atoms with Crippen LogP contribution in [0.15, 0.2) is 24.3 Å². The number of hydrogen-bond acceptors (Lipinski definition) is 4. The van der Waals surface area contributed by atoms with Gasteiger partial charge in [0.25, 0.3) is 0 Å². The fourth-order valence-electron chi connectivity index (χ4n) is 1.48. The Balaban J connectivity index is 0.000000956. The molecule has 20 heavy (non-hydrogen) atoms. The van der Waals surface area contributed by atoms with Gasteiger partial charge in [0, 0.05) is 16.3 Å². The van der Waals surface area contributed by atoms with Crippen LogP contribution in [-0.4, -0.2) is 23.3 Å². The van der Waals surface area contributed by atoms with Crippen molar-refractivity contribution >= 4 is 25.3 Å². The molecule has 0 aliphatic carbocycles. The average molecular weight is 294 g/mol. The molecular weight excluding hydrogens is 279 g/mol. The minimum atomic E-state index is -0.464. The summed E-state index contributed by atoms with van der Waals surface area (Å²) < 4.78 is 13.6. The zero-order valence-corrected chi connectivity index (χ0v) is 11.9. The van der Waals surface area contributed by atoms with Gasteiger partial charge in [0.15, 0.2) is 0 Å². The van der Waals surface area contributed by atoms with E-state index in [0.717, 1.165) is 0 Å². The Morgan fingerprint density at radius 2 is 2.00 bits per heavy atom. The largest absolute Gasteiger partial charge is 0.436 e. The molecule has 0 spiro atoms. The molecule has 104 valence electrons. The first-order valence-corrected chi connectivity index (χ1v) is 6.43. The minimum absolute atomic E-state index is 0.219. The second kappa shape index (κ2) is 7.82. The third kappa shape index (κ3) is 3.68. The Bertz CT molecular complexity index is 584. The average Bonchev–Trinajstić information content (AvgIpc) is 2.51. The maximum atomic E-state index is 13.6. The van der Waals surface area contributed by atoms with E-state index in [0.29, 0.717) is 10.7 Å². The predicted octanol–water partition coefficient (Wildman–Crippen LogP) is 2.95. The summed E-state index contributed by atoms with van der Waals surface area (Å²) in [6.07, 6.45) is 0. The molecule has 4 nitrogen and oxygen atoms in total. The van der Waals surface area contributed by atoms with Crippen LogP contribution in [-0.2, 0) is 6.61 Å². The van der Waals surface area contributed by atoms with Crippen molar-refractivity contribution in [3.05, 3.63) is 40.8 Å². The normalized spacial score (nSPS) is 9.65. The molecule has 1 heterocycles. The monoisotopic (exact) mass is 293 g/mol. The number of nitrogens with one attached hydrogen (secondary N) is 1. The minimum Gasteiger partial charge on any atom is -0.436 e. The molecule has 0 fully saturated rings. The number of anilines is 1. The molecule has 7 heteroatoms. The van der Waals surface area contributed by atoms with Crippen LogP contribution in [0.3, 0.4) is 0 Å². The number of aromatic nitrogens is 2. The molecule has 1 aromatic carbocycles. The highest BCUT2D eigenvalue weighted by Crippen LogP contribution is 2.26. The lowest BCUT2D eigenvalue weighted by molar-refractivity contribution is 0.276. The number of benzene rings is 1. The molecule has 2 rings (SSSR count). The fraction of sp³-hybridized carbons (Fsp3) is 0.231. The standard InChI is InChI=1S/C11H8BClFN3O.C2H6/c12-15-10-4-9(16-17-11(10)5-18)7-3-6(13)1-2-8(7)14;1-2/h1-4,18H,5H2,(H,15,16);1-2H3. The zero-order chi connectivity index (χ0) is 15.1. The lowest BCUT2D eigenvalue weighted by atomic mass is 10.1. The van der Waals surface area contributed by atoms with Gasteiger partial charge >= 0.3 is 0 Å². The van der Waals surface area contributed by atoms with E-state index < -0.39 is 5.82 Å². The Morgan fingerprint density at radius 3 is 2.60 bits per heavy atom. The van der Waals surface area contributed by atoms with E-state index in [-0.39, 0.29) is 23.6 Å². The van der Waals surface area contributed by atoms with Crippen LogP contribution in [0.5, 0.6) is 0 Å². The van der Waals surface area contributed by atoms with Crippen LogP contribution in [0.25, 0.3) is 11.3 Å². The van der Waals surface area contributed by atoms with Crippen molar-refractivity contribution in [1.82, 2.24) is 10.2 Å². The van der Waals surface area contributed by atoms with Gasteiger partial charge in [-0.1, -0.05) is 25.4 Å². The van der Waals surface area contributed by atoms with E-state index in [9.17, 15) is 4.39 Å². The lowest BCUT2D eigenvalue weighted by Gasteiger charge is -2.08. The Morgan fingerprint density at radius 1 is 1.30 bits per heavy atom. The summed E-state index contributed by atoms with van der Waals surface area (Å²) >= 11 is 5.80. The van der Waals surface area contributed by atoms with Crippen LogP contribution in [0, 0.1) is 5.82 Å². The summed E-state index contributed by atoms with van der Waals surface area (Å²) in [4.78, 5) is 0. The van der Waals surface area contributed by atoms with Crippen LogP contribution >= 0.6 is 11.6 Å². The van der Waals surface area contributed by atoms with E-state index >= 15 is 0 Å². The van der Waals surface area contributed by atoms with Crippen molar-refractivity contribution in [3.63, 3.8) is 0 Å². The van der Waals surface area contributed by atoms with Gasteiger partial charge in [-0.25, -0.2) is 4.39 Å². The molecule has 1 aromatic heterocycles. The molecule has 0 aliphatic rings. The summed E-state index contributed by atoms with van der Waals surface area (Å²) in [6.45, 7) is 3.69. The molecule has 0 saturated carbocycles. The van der Waals surface area contributed by atoms with Gasteiger partial charge in [-0.15, -0.1) is 5.10 Å². The first-order valence-electron chi connectivity index (χ1n) is 6.05. The van der Waals surface area contributed by atoms with Crippen LogP contribution in [0.4, 0.5) is 10.1 Å². The number of nitrogens with zero attached hydrogens (tertiary/aromatic N) is 2. The highest BCUT2D eigenvalue weighted by molar-refractivity contribution is 6.30. The van der Waals surface area contributed by atoms with Crippen molar-refractivity contribution < 1.29 is 9.50 Å². The van der Waals surface area contributed by atoms with E-state index in [4.69, 9.17) is 24.7 Å². The van der Waals surface area contributed by atoms with E-state index in [1.165, 1.54) is 24.3 Å². The molecule has 0 unspecified atom stereocenters. The third-order valence-electron chi connectivity index (χ3n) is 2.38. The summed E-state index contributed by atoms with van der Waals surface area (Å²) in [6, 6.07) is 5.62. The van der Waals surface area contributed by atoms with Crippen LogP contribution in [0.2, 0.25) is 5.02 Å². The van der Waals surface area contributed by atoms with Gasteiger partial charge < -0.3 is 10.3 Å². The van der Waals surface area contributed by atoms with E-state index in [2.05, 4.69) is 15.4 Å². The smallest absolute Gasteiger partial charge is 0.222 e. The van der Waals surface area contributed by atoms with Crippen LogP contribution in [0.1, 0.15) is 19.5 Å². The fourth-order valence-corrected chi connectivity index (χ4v) is 1.66. The molecule has 2 aromatic rings. The first-order chi connectivity index (χ1) is 9.65. The molecule has 2 radical (unpaired) electrons. The Hall–Kier alpha value is -1.66. The van der Waals surface area contributed by atoms with Gasteiger partial charge in [-0.3, -0.25) is 0 Å². The maximum absolute atomic E-state index is 13.6. The molecule has 0 bridgehead atoms. The van der Waals surface area contributed by atoms with Crippen molar-refractivity contribution in [2.75, 3.05) is 5.23 Å². The van der Waals surface area contributed by atoms with Gasteiger partial charge in [0.05, 0.1) is 12.3 Å². The summed E-state index contributed by atoms with van der Waals surface area (Å²) in [7, 11) is 5.29. The lowest BCUT2D eigenvalue weighted by Crippen LogP contribution is -2.03. The third-order valence-corrected chi connectivity index (χ3v) is 2.62. The second-order valence-corrected chi connectivity index (χ2v) is 3.95. The molecule has 0 saturated heterocycles. The highest BCUT2D eigenvalue weighted by atomic mass is 35.5. The number of hydrogen-bond donors (Lipinski definition) is 2. The number of aliphatic hydroxyl groups is 1. The maximum Gasteiger partial charge on any atom is 0.222 e. The molecular formula is C13H14BClFN3O. The first kappa shape index (κ1) is 16.4. The SMILES string of the molecule is CC.[B]Nc1cc(-c2cc(Cl)ccc2F)nnc1CO. The second-order valence-electron chi connectivity index (χ2n) is 3.52. The molecule has 0 amide bonds. The van der Waals surface area contributed by atoms with Crippen LogP contribution < -0.4 is 5.23 Å². The van der Waals surface area contributed by atoms with Gasteiger partial charge in [0.2, 0.25) is 7.98 Å². The number of aliphatic hydroxyl groups excluding tert-OH is 1. The molecule has 0 aliphatic heterocycles. The quantitative estimate of drug-likeness (QED) is 0.854. The van der Waals surface area contributed by atoms with Gasteiger partial charge in [0.1, 0.15) is 11.5 Å². The van der Waals surface area contributed by atoms with Gasteiger partial charge in [-0.05, 0) is 24.3 Å². The topological polar surface area (TPSA) is 58.0 Å². The van der Waals surface area contributed by atoms with E-state index in [1.807, 2.05) is 13.8 Å². The van der Waals surface area contributed by atoms with Crippen molar-refractivity contribution in [3.8, 4) is 11.3 Å². The van der Waals surface area contributed by atoms with Crippen molar-refractivity contribution in [1.29, 1.82) is 0 Å². The Kier molecular flexibility index (Phi) is 6.41. The molecule has 2 N–H and O–H groups in total. The predicted molar refractivity (Wildman–Crippen MR) is 79.1 cm³/mol. The van der Waals surface area contributed by atoms with Crippen molar-refractivity contribution in [2.24, 2.45) is 0 Å². The number of rotatable bonds is 3. The zero-order valence-electron chi connectivity index (χ0n) is 11.2. The number of halogens is 2. The Labute approximate surface area is 123 Å². The molecule has 0 atom stereocenters. The summed E-state index contributed by atoms with van der Waals surface area (Å²) in [5.74, 6) is -0.464. The van der Waals surface area contributed by atoms with E-state index in [1.54, 1.807) is 0 Å². The highest BCUT2D eigenvalue weighted by Gasteiger charge is 2.11. The van der Waals surface area contributed by atoms with Gasteiger partial charge in [-0.2, -0.15) is 5.10 Å². The summed E-state index contributed by atoms with van der Waals surface area (Å²) in [5, 5.41) is 19.4. The van der Waals surface area contributed by atoms with Crippen molar-refractivity contribution in [2.45, 2.75) is 20.5 Å². The summed E-state index contributed by atoms with van der Waals surface area (Å²) in [5.41, 5.74) is 1.15.